The molecule has 7 nitrogen and oxygen atoms in total. The second kappa shape index (κ2) is 8.83. The number of ether oxygens (including phenoxy) is 1. The van der Waals surface area contributed by atoms with E-state index in [0.29, 0.717) is 38.9 Å². The van der Waals surface area contributed by atoms with Crippen LogP contribution in [0.4, 0.5) is 30.5 Å². The first-order valence-corrected chi connectivity index (χ1v) is 10.6. The molecular weight excluding hydrogens is 467 g/mol. The van der Waals surface area contributed by atoms with Crippen LogP contribution < -0.4 is 14.8 Å². The number of hydrogen-bond donors (Lipinski definition) is 3. The quantitative estimate of drug-likeness (QED) is 0.253. The van der Waals surface area contributed by atoms with Gasteiger partial charge in [0.25, 0.3) is 0 Å². The predicted octanol–water partition coefficient (Wildman–Crippen LogP) is 6.66. The Balaban J connectivity index is 1.55. The zero-order valence-corrected chi connectivity index (χ0v) is 18.4. The third kappa shape index (κ3) is 4.58. The van der Waals surface area contributed by atoms with Gasteiger partial charge in [-0.15, -0.1) is 0 Å². The molecule has 0 atom stereocenters. The summed E-state index contributed by atoms with van der Waals surface area (Å²) in [4.78, 5) is 0.409. The number of alkyl halides is 3. The maximum absolute atomic E-state index is 12.8. The molecule has 3 N–H and O–H groups in total. The standard InChI is InChI=1S/C20H17ClF3N5O2S/c1-3-11-7-18(27-26-11)25-14-9-15-12(8-16(14)30-2)19(28-31-15)29-32-17-5-4-10(6-13(17)21)20(22,23)24/h4-9H,3H2,1-2H3,(H,28,29)(H2,25,26,27). The minimum atomic E-state index is -4.46. The number of fused-ring (bicyclic) bond motifs is 1. The summed E-state index contributed by atoms with van der Waals surface area (Å²) in [5, 5.41) is 14.9. The van der Waals surface area contributed by atoms with E-state index in [-0.39, 0.29) is 5.02 Å². The molecule has 4 rings (SSSR count). The summed E-state index contributed by atoms with van der Waals surface area (Å²) in [6.07, 6.45) is -3.64. The molecule has 0 spiro atoms. The first-order valence-electron chi connectivity index (χ1n) is 9.36. The summed E-state index contributed by atoms with van der Waals surface area (Å²) in [5.41, 5.74) is 1.28. The summed E-state index contributed by atoms with van der Waals surface area (Å²) in [5.74, 6) is 1.53. The molecule has 0 fully saturated rings. The number of aryl methyl sites for hydroxylation is 1. The van der Waals surface area contributed by atoms with Crippen molar-refractivity contribution in [1.29, 1.82) is 0 Å². The van der Waals surface area contributed by atoms with Crippen molar-refractivity contribution in [3.8, 4) is 5.75 Å². The Morgan fingerprint density at radius 2 is 2.03 bits per heavy atom. The second-order valence-electron chi connectivity index (χ2n) is 6.68. The molecule has 0 amide bonds. The monoisotopic (exact) mass is 483 g/mol. The van der Waals surface area contributed by atoms with Crippen molar-refractivity contribution in [3.63, 3.8) is 0 Å². The first kappa shape index (κ1) is 22.2. The van der Waals surface area contributed by atoms with Gasteiger partial charge in [-0.05, 0) is 42.6 Å². The Labute approximate surface area is 189 Å². The van der Waals surface area contributed by atoms with Crippen molar-refractivity contribution < 1.29 is 22.4 Å². The highest BCUT2D eigenvalue weighted by Crippen LogP contribution is 2.38. The number of aromatic amines is 1. The highest BCUT2D eigenvalue weighted by Gasteiger charge is 2.31. The summed E-state index contributed by atoms with van der Waals surface area (Å²) < 4.78 is 52.3. The second-order valence-corrected chi connectivity index (χ2v) is 7.94. The molecule has 0 bridgehead atoms. The number of nitrogens with zero attached hydrogens (tertiary/aromatic N) is 2. The van der Waals surface area contributed by atoms with Crippen LogP contribution in [0.5, 0.6) is 5.75 Å². The van der Waals surface area contributed by atoms with Crippen LogP contribution >= 0.6 is 23.5 Å². The SMILES string of the molecule is CCc1cc(Nc2cc3onc(NSc4ccc(C(F)(F)F)cc4Cl)c3cc2OC)n[nH]1. The maximum atomic E-state index is 12.8. The Bertz CT molecular complexity index is 1260. The fourth-order valence-electron chi connectivity index (χ4n) is 2.91. The molecule has 0 saturated heterocycles. The summed E-state index contributed by atoms with van der Waals surface area (Å²) in [6.45, 7) is 2.02. The Morgan fingerprint density at radius 3 is 2.69 bits per heavy atom. The van der Waals surface area contributed by atoms with Gasteiger partial charge < -0.3 is 19.3 Å². The maximum Gasteiger partial charge on any atom is 0.416 e. The van der Waals surface area contributed by atoms with Crippen LogP contribution in [-0.4, -0.2) is 22.5 Å². The van der Waals surface area contributed by atoms with E-state index in [0.717, 1.165) is 36.2 Å². The van der Waals surface area contributed by atoms with Gasteiger partial charge in [0.2, 0.25) is 0 Å². The van der Waals surface area contributed by atoms with Crippen LogP contribution in [0, 0.1) is 0 Å². The van der Waals surface area contributed by atoms with Crippen molar-refractivity contribution in [3.05, 3.63) is 52.7 Å². The fourth-order valence-corrected chi connectivity index (χ4v) is 3.86. The molecule has 2 aromatic heterocycles. The highest BCUT2D eigenvalue weighted by molar-refractivity contribution is 8.00. The molecule has 0 aliphatic heterocycles. The van der Waals surface area contributed by atoms with Crippen molar-refractivity contribution >= 4 is 51.8 Å². The summed E-state index contributed by atoms with van der Waals surface area (Å²) in [7, 11) is 1.53. The molecule has 32 heavy (non-hydrogen) atoms. The van der Waals surface area contributed by atoms with E-state index in [4.69, 9.17) is 20.9 Å². The molecule has 4 aromatic rings. The van der Waals surface area contributed by atoms with E-state index in [1.807, 2.05) is 13.0 Å². The fraction of sp³-hybridized carbons (Fsp3) is 0.200. The van der Waals surface area contributed by atoms with Crippen molar-refractivity contribution in [1.82, 2.24) is 15.4 Å². The van der Waals surface area contributed by atoms with Gasteiger partial charge in [0.15, 0.2) is 17.2 Å². The number of rotatable bonds is 7. The third-order valence-electron chi connectivity index (χ3n) is 4.58. The smallest absolute Gasteiger partial charge is 0.416 e. The number of nitrogens with one attached hydrogen (secondary N) is 3. The van der Waals surface area contributed by atoms with E-state index in [2.05, 4.69) is 25.4 Å². The van der Waals surface area contributed by atoms with Crippen molar-refractivity contribution in [2.45, 2.75) is 24.4 Å². The van der Waals surface area contributed by atoms with E-state index in [9.17, 15) is 13.2 Å². The van der Waals surface area contributed by atoms with Crippen LogP contribution in [0.2, 0.25) is 5.02 Å². The average molecular weight is 484 g/mol. The molecule has 12 heteroatoms. The van der Waals surface area contributed by atoms with E-state index < -0.39 is 11.7 Å². The van der Waals surface area contributed by atoms with E-state index in [1.54, 1.807) is 12.1 Å². The normalized spacial score (nSPS) is 11.7. The largest absolute Gasteiger partial charge is 0.495 e. The Morgan fingerprint density at radius 1 is 1.22 bits per heavy atom. The van der Waals surface area contributed by atoms with Crippen LogP contribution in [-0.2, 0) is 12.6 Å². The zero-order valence-electron chi connectivity index (χ0n) is 16.8. The van der Waals surface area contributed by atoms with Gasteiger partial charge in [0.05, 0.1) is 28.8 Å². The number of benzene rings is 2. The molecule has 168 valence electrons. The minimum Gasteiger partial charge on any atom is -0.495 e. The summed E-state index contributed by atoms with van der Waals surface area (Å²) in [6, 6.07) is 8.49. The molecule has 0 aliphatic carbocycles. The molecule has 2 aromatic carbocycles. The lowest BCUT2D eigenvalue weighted by Crippen LogP contribution is -2.04. The van der Waals surface area contributed by atoms with Crippen molar-refractivity contribution in [2.24, 2.45) is 0 Å². The Kier molecular flexibility index (Phi) is 6.11. The van der Waals surface area contributed by atoms with Crippen LogP contribution in [0.3, 0.4) is 0 Å². The number of methoxy groups -OCH3 is 1. The van der Waals surface area contributed by atoms with Gasteiger partial charge in [-0.3, -0.25) is 5.10 Å². The molecule has 0 radical (unpaired) electrons. The number of halogens is 4. The van der Waals surface area contributed by atoms with Crippen LogP contribution in [0.1, 0.15) is 18.2 Å². The lowest BCUT2D eigenvalue weighted by molar-refractivity contribution is -0.137. The highest BCUT2D eigenvalue weighted by atomic mass is 35.5. The van der Waals surface area contributed by atoms with Gasteiger partial charge in [-0.25, -0.2) is 0 Å². The van der Waals surface area contributed by atoms with Gasteiger partial charge in [0.1, 0.15) is 5.75 Å². The number of aromatic nitrogens is 3. The molecule has 2 heterocycles. The molecular formula is C20H17ClF3N5O2S. The topological polar surface area (TPSA) is 88.0 Å². The van der Waals surface area contributed by atoms with E-state index in [1.165, 1.54) is 13.2 Å². The van der Waals surface area contributed by atoms with Crippen LogP contribution in [0.15, 0.2) is 45.8 Å². The zero-order chi connectivity index (χ0) is 22.9. The number of H-pyrrole nitrogens is 1. The summed E-state index contributed by atoms with van der Waals surface area (Å²) >= 11 is 7.03. The number of hydrogen-bond acceptors (Lipinski definition) is 7. The average Bonchev–Trinajstić information content (AvgIpc) is 3.38. The minimum absolute atomic E-state index is 0.0281. The molecule has 0 unspecified atom stereocenters. The van der Waals surface area contributed by atoms with E-state index >= 15 is 0 Å². The Hall–Kier alpha value is -3.05. The van der Waals surface area contributed by atoms with Gasteiger partial charge >= 0.3 is 6.18 Å². The molecule has 0 aliphatic rings. The van der Waals surface area contributed by atoms with Crippen molar-refractivity contribution in [2.75, 3.05) is 17.1 Å². The lowest BCUT2D eigenvalue weighted by Gasteiger charge is -2.10. The third-order valence-corrected chi connectivity index (χ3v) is 5.88. The van der Waals surface area contributed by atoms with Gasteiger partial charge in [-0.1, -0.05) is 23.7 Å². The predicted molar refractivity (Wildman–Crippen MR) is 118 cm³/mol. The lowest BCUT2D eigenvalue weighted by atomic mass is 10.2. The van der Waals surface area contributed by atoms with Crippen LogP contribution in [0.25, 0.3) is 11.0 Å². The van der Waals surface area contributed by atoms with Gasteiger partial charge in [-0.2, -0.15) is 18.3 Å². The number of anilines is 3. The first-order chi connectivity index (χ1) is 15.3. The molecule has 0 saturated carbocycles. The van der Waals surface area contributed by atoms with Gasteiger partial charge in [0, 0.05) is 22.7 Å².